The molecule has 8 aromatic rings. The highest BCUT2D eigenvalue weighted by Gasteiger charge is 2.31. The number of rotatable bonds is 10. The van der Waals surface area contributed by atoms with Gasteiger partial charge in [-0.3, -0.25) is 9.44 Å². The van der Waals surface area contributed by atoms with Crippen LogP contribution in [0.15, 0.2) is 125 Å². The first-order valence-electron chi connectivity index (χ1n) is 18.2. The van der Waals surface area contributed by atoms with Crippen molar-refractivity contribution < 1.29 is 30.0 Å². The first-order chi connectivity index (χ1) is 30.4. The lowest BCUT2D eigenvalue weighted by atomic mass is 10.2. The summed E-state index contributed by atoms with van der Waals surface area (Å²) in [6.45, 7) is 5.63. The van der Waals surface area contributed by atoms with Crippen molar-refractivity contribution in [2.75, 3.05) is 9.44 Å². The van der Waals surface area contributed by atoms with E-state index in [-0.39, 0.29) is 46.8 Å². The predicted molar refractivity (Wildman–Crippen MR) is 264 cm³/mol. The number of hydrogen-bond donors (Lipinski definition) is 2. The molecule has 2 aromatic heterocycles. The molecule has 8 nitrogen and oxygen atoms in total. The van der Waals surface area contributed by atoms with Gasteiger partial charge in [-0.05, 0) is 116 Å². The molecule has 0 atom stereocenters. The number of sulfonamides is 2. The standard InChI is InChI=1S/C21H12Cl3F3N2O2S3.C21H15Cl3N2O2S3/c1-10-2-5-18(13(22)6-10)34(30,31)29-12-8-14(23)19(15(24)9-12)33-20-28-16-7-11(21(25,26)27)3-4-17(16)32-20;1-11-4-6-19(14(22)7-11)31(27,28)26-13-9-15(23)20(16(24)10-13)30-21-25-17-8-12(2)3-5-18(17)29-21/h2-9,29H,1H3;3-10,26H,1-2H3. The Morgan fingerprint density at radius 1 is 0.508 bits per heavy atom. The number of thiazole rings is 2. The molecule has 2 heterocycles. The number of anilines is 2. The summed E-state index contributed by atoms with van der Waals surface area (Å²) in [5, 5.41) is 1.13. The second-order valence-corrected chi connectivity index (χ2v) is 24.3. The van der Waals surface area contributed by atoms with Gasteiger partial charge in [-0.1, -0.05) is 111 Å². The van der Waals surface area contributed by atoms with Crippen LogP contribution in [0.25, 0.3) is 20.4 Å². The molecule has 23 heteroatoms. The topological polar surface area (TPSA) is 118 Å². The van der Waals surface area contributed by atoms with Crippen molar-refractivity contribution in [1.82, 2.24) is 9.97 Å². The molecule has 8 rings (SSSR count). The fourth-order valence-electron chi connectivity index (χ4n) is 5.86. The van der Waals surface area contributed by atoms with Crippen LogP contribution in [0.5, 0.6) is 0 Å². The van der Waals surface area contributed by atoms with E-state index in [1.807, 2.05) is 32.0 Å². The number of aromatic nitrogens is 2. The van der Waals surface area contributed by atoms with Crippen LogP contribution in [0.3, 0.4) is 0 Å². The van der Waals surface area contributed by atoms with Crippen LogP contribution in [0.2, 0.25) is 30.1 Å². The van der Waals surface area contributed by atoms with Crippen LogP contribution in [-0.4, -0.2) is 26.8 Å². The molecule has 0 saturated carbocycles. The van der Waals surface area contributed by atoms with Crippen molar-refractivity contribution in [2.24, 2.45) is 0 Å². The predicted octanol–water partition coefficient (Wildman–Crippen LogP) is 16.4. The van der Waals surface area contributed by atoms with E-state index in [1.165, 1.54) is 71.6 Å². The van der Waals surface area contributed by atoms with Crippen LogP contribution in [0.4, 0.5) is 24.5 Å². The van der Waals surface area contributed by atoms with E-state index in [4.69, 9.17) is 69.6 Å². The number of halogens is 9. The third-order valence-electron chi connectivity index (χ3n) is 8.85. The molecule has 6 aromatic carbocycles. The zero-order valence-corrected chi connectivity index (χ0v) is 42.6. The zero-order valence-electron chi connectivity index (χ0n) is 33.1. The van der Waals surface area contributed by atoms with E-state index in [0.717, 1.165) is 55.1 Å². The summed E-state index contributed by atoms with van der Waals surface area (Å²) in [5.41, 5.74) is 3.50. The van der Waals surface area contributed by atoms with Crippen molar-refractivity contribution in [3.8, 4) is 0 Å². The van der Waals surface area contributed by atoms with Crippen molar-refractivity contribution in [3.05, 3.63) is 149 Å². The maximum Gasteiger partial charge on any atom is 0.416 e. The highest BCUT2D eigenvalue weighted by atomic mass is 35.5. The third-order valence-corrected chi connectivity index (χ3v) is 18.7. The number of aryl methyl sites for hydroxylation is 3. The number of alkyl halides is 3. The molecule has 0 spiro atoms. The van der Waals surface area contributed by atoms with E-state index < -0.39 is 31.8 Å². The number of nitrogens with zero attached hydrogens (tertiary/aromatic N) is 2. The number of hydrogen-bond acceptors (Lipinski definition) is 10. The maximum absolute atomic E-state index is 13.0. The molecule has 0 aliphatic carbocycles. The second-order valence-electron chi connectivity index (χ2n) is 13.9. The molecule has 0 amide bonds. The summed E-state index contributed by atoms with van der Waals surface area (Å²) < 4.78 is 97.7. The normalized spacial score (nSPS) is 12.1. The lowest BCUT2D eigenvalue weighted by Gasteiger charge is -2.12. The Balaban J connectivity index is 0.000000195. The Bertz CT molecular complexity index is 3340. The molecular weight excluding hydrogens is 1090 g/mol. The first-order valence-corrected chi connectivity index (χ1v) is 26.7. The Morgan fingerprint density at radius 3 is 1.28 bits per heavy atom. The van der Waals surface area contributed by atoms with Crippen molar-refractivity contribution >= 4 is 168 Å². The molecule has 0 fully saturated rings. The van der Waals surface area contributed by atoms with Gasteiger partial charge in [-0.15, -0.1) is 22.7 Å². The van der Waals surface area contributed by atoms with Crippen LogP contribution < -0.4 is 9.44 Å². The van der Waals surface area contributed by atoms with Gasteiger partial charge in [0.2, 0.25) is 0 Å². The summed E-state index contributed by atoms with van der Waals surface area (Å²) >= 11 is 43.0. The van der Waals surface area contributed by atoms with Crippen LogP contribution >= 0.6 is 116 Å². The average Bonchev–Trinajstić information content (AvgIpc) is 3.79. The Hall–Kier alpha value is -3.17. The molecular formula is C42H27Cl6F3N4O4S6. The van der Waals surface area contributed by atoms with Gasteiger partial charge in [0.15, 0.2) is 8.68 Å². The van der Waals surface area contributed by atoms with E-state index in [1.54, 1.807) is 36.5 Å². The summed E-state index contributed by atoms with van der Waals surface area (Å²) in [6, 6.07) is 24.5. The van der Waals surface area contributed by atoms with Crippen molar-refractivity contribution in [3.63, 3.8) is 0 Å². The fourth-order valence-corrected chi connectivity index (χ4v) is 14.6. The van der Waals surface area contributed by atoms with Crippen molar-refractivity contribution in [1.29, 1.82) is 0 Å². The Labute approximate surface area is 417 Å². The maximum atomic E-state index is 13.0. The third kappa shape index (κ3) is 11.9. The van der Waals surface area contributed by atoms with E-state index in [2.05, 4.69) is 19.4 Å². The van der Waals surface area contributed by atoms with E-state index in [0.29, 0.717) is 28.9 Å². The molecule has 0 saturated heterocycles. The van der Waals surface area contributed by atoms with Gasteiger partial charge in [0.05, 0.1) is 77.3 Å². The zero-order chi connectivity index (χ0) is 47.2. The van der Waals surface area contributed by atoms with Gasteiger partial charge in [-0.25, -0.2) is 26.8 Å². The molecule has 0 bridgehead atoms. The Morgan fingerprint density at radius 2 is 0.877 bits per heavy atom. The molecule has 0 aliphatic rings. The van der Waals surface area contributed by atoms with E-state index in [9.17, 15) is 30.0 Å². The largest absolute Gasteiger partial charge is 0.416 e. The monoisotopic (exact) mass is 1110 g/mol. The lowest BCUT2D eigenvalue weighted by molar-refractivity contribution is -0.137. The van der Waals surface area contributed by atoms with Crippen LogP contribution in [0.1, 0.15) is 22.3 Å². The molecule has 0 unspecified atom stereocenters. The van der Waals surface area contributed by atoms with E-state index >= 15 is 0 Å². The van der Waals surface area contributed by atoms with Crippen LogP contribution in [0, 0.1) is 20.8 Å². The lowest BCUT2D eigenvalue weighted by Crippen LogP contribution is -2.13. The highest BCUT2D eigenvalue weighted by Crippen LogP contribution is 2.45. The summed E-state index contributed by atoms with van der Waals surface area (Å²) in [6.07, 6.45) is -4.47. The average molecular weight is 1110 g/mol. The molecule has 0 radical (unpaired) electrons. The summed E-state index contributed by atoms with van der Waals surface area (Å²) in [7, 11) is -7.91. The fraction of sp³-hybridized carbons (Fsp3) is 0.0952. The first kappa shape index (κ1) is 49.7. The summed E-state index contributed by atoms with van der Waals surface area (Å²) in [5.74, 6) is 0. The Kier molecular flexibility index (Phi) is 15.2. The van der Waals surface area contributed by atoms with Crippen molar-refractivity contribution in [2.45, 2.75) is 55.2 Å². The number of benzene rings is 6. The van der Waals surface area contributed by atoms with Gasteiger partial charge >= 0.3 is 6.18 Å². The SMILES string of the molecule is Cc1ccc(S(=O)(=O)Nc2cc(Cl)c(Sc3nc4cc(C(F)(F)F)ccc4s3)c(Cl)c2)c(Cl)c1.Cc1ccc(S(=O)(=O)Nc2cc(Cl)c(Sc3nc4cc(C)ccc4s3)c(Cl)c2)c(Cl)c1. The van der Waals surface area contributed by atoms with Gasteiger partial charge in [0, 0.05) is 0 Å². The summed E-state index contributed by atoms with van der Waals surface area (Å²) in [4.78, 5) is 9.74. The van der Waals surface area contributed by atoms with Gasteiger partial charge in [0.1, 0.15) is 9.79 Å². The molecule has 0 aliphatic heterocycles. The quantitative estimate of drug-likeness (QED) is 0.139. The smallest absolute Gasteiger partial charge is 0.279 e. The van der Waals surface area contributed by atoms with Gasteiger partial charge < -0.3 is 0 Å². The van der Waals surface area contributed by atoms with Gasteiger partial charge in [0.25, 0.3) is 20.0 Å². The minimum absolute atomic E-state index is 0.0183. The number of fused-ring (bicyclic) bond motifs is 2. The highest BCUT2D eigenvalue weighted by molar-refractivity contribution is 8.01. The molecule has 338 valence electrons. The van der Waals surface area contributed by atoms with Crippen LogP contribution in [-0.2, 0) is 26.2 Å². The number of nitrogens with one attached hydrogen (secondary N) is 2. The minimum atomic E-state index is -4.47. The molecule has 65 heavy (non-hydrogen) atoms. The minimum Gasteiger partial charge on any atom is -0.279 e. The van der Waals surface area contributed by atoms with Gasteiger partial charge in [-0.2, -0.15) is 13.2 Å². The second kappa shape index (κ2) is 19.8. The molecule has 2 N–H and O–H groups in total.